The number of aryl methyl sites for hydroxylation is 1. The van der Waals surface area contributed by atoms with Gasteiger partial charge in [-0.05, 0) is 46.8 Å². The van der Waals surface area contributed by atoms with E-state index in [9.17, 15) is 14.7 Å². The van der Waals surface area contributed by atoms with Gasteiger partial charge in [0.2, 0.25) is 0 Å². The SMILES string of the molecule is CC(O)=C(C(=O)OC(C)(C)C)C1=NC(=NC(=O)c2ccc(C)cc2)c2ccccc21. The number of aliphatic imine (C=N–C) groups is 2. The van der Waals surface area contributed by atoms with Gasteiger partial charge < -0.3 is 9.84 Å². The zero-order chi connectivity index (χ0) is 22.1. The Hall–Kier alpha value is -3.54. The lowest BCUT2D eigenvalue weighted by Crippen LogP contribution is -2.28. The normalized spacial score (nSPS) is 15.4. The standard InChI is InChI=1S/C24H24N2O4/c1-14-10-12-16(13-11-14)22(28)26-21-18-9-7-6-8-17(18)20(25-21)19(15(2)27)23(29)30-24(3,4)5/h6-13,27H,1-5H3. The lowest BCUT2D eigenvalue weighted by molar-refractivity contribution is -0.149. The van der Waals surface area contributed by atoms with E-state index in [4.69, 9.17) is 4.74 Å². The molecule has 1 N–H and O–H groups in total. The summed E-state index contributed by atoms with van der Waals surface area (Å²) in [7, 11) is 0. The van der Waals surface area contributed by atoms with Gasteiger partial charge in [-0.3, -0.25) is 4.79 Å². The highest BCUT2D eigenvalue weighted by molar-refractivity contribution is 6.36. The van der Waals surface area contributed by atoms with Crippen LogP contribution in [0.15, 0.2) is 69.8 Å². The summed E-state index contributed by atoms with van der Waals surface area (Å²) in [6.45, 7) is 8.56. The zero-order valence-electron chi connectivity index (χ0n) is 17.7. The van der Waals surface area contributed by atoms with E-state index in [2.05, 4.69) is 9.98 Å². The molecule has 0 atom stereocenters. The third-order valence-corrected chi connectivity index (χ3v) is 4.35. The molecule has 0 aromatic heterocycles. The summed E-state index contributed by atoms with van der Waals surface area (Å²) in [5.41, 5.74) is 2.12. The molecule has 6 heteroatoms. The molecule has 0 spiro atoms. The fourth-order valence-corrected chi connectivity index (χ4v) is 2.99. The number of ether oxygens (including phenoxy) is 1. The number of allylic oxidation sites excluding steroid dienone is 1. The van der Waals surface area contributed by atoms with Gasteiger partial charge in [-0.2, -0.15) is 4.99 Å². The Labute approximate surface area is 175 Å². The van der Waals surface area contributed by atoms with Crippen LogP contribution in [0, 0.1) is 6.92 Å². The maximum Gasteiger partial charge on any atom is 0.344 e. The highest BCUT2D eigenvalue weighted by atomic mass is 16.6. The second-order valence-corrected chi connectivity index (χ2v) is 8.07. The van der Waals surface area contributed by atoms with Gasteiger partial charge in [0.25, 0.3) is 5.91 Å². The second-order valence-electron chi connectivity index (χ2n) is 8.07. The maximum absolute atomic E-state index is 12.8. The maximum atomic E-state index is 12.8. The first kappa shape index (κ1) is 21.2. The van der Waals surface area contributed by atoms with Crippen LogP contribution in [0.2, 0.25) is 0 Å². The highest BCUT2D eigenvalue weighted by Gasteiger charge is 2.32. The van der Waals surface area contributed by atoms with Gasteiger partial charge in [-0.25, -0.2) is 9.79 Å². The summed E-state index contributed by atoms with van der Waals surface area (Å²) in [6, 6.07) is 14.2. The molecular weight excluding hydrogens is 380 g/mol. The number of nitrogens with zero attached hydrogens (tertiary/aromatic N) is 2. The summed E-state index contributed by atoms with van der Waals surface area (Å²) >= 11 is 0. The Balaban J connectivity index is 2.07. The lowest BCUT2D eigenvalue weighted by atomic mass is 9.99. The van der Waals surface area contributed by atoms with Gasteiger partial charge in [0.15, 0.2) is 5.84 Å². The molecule has 0 fully saturated rings. The first-order chi connectivity index (χ1) is 14.1. The first-order valence-corrected chi connectivity index (χ1v) is 9.58. The van der Waals surface area contributed by atoms with E-state index in [1.54, 1.807) is 57.2 Å². The predicted molar refractivity (Wildman–Crippen MR) is 116 cm³/mol. The summed E-state index contributed by atoms with van der Waals surface area (Å²) in [6.07, 6.45) is 0. The van der Waals surface area contributed by atoms with Crippen LogP contribution in [0.4, 0.5) is 0 Å². The number of amides is 1. The summed E-state index contributed by atoms with van der Waals surface area (Å²) < 4.78 is 5.44. The third kappa shape index (κ3) is 4.54. The molecular formula is C24H24N2O4. The fourth-order valence-electron chi connectivity index (χ4n) is 2.99. The van der Waals surface area contributed by atoms with Gasteiger partial charge in [0, 0.05) is 16.7 Å². The molecule has 1 heterocycles. The highest BCUT2D eigenvalue weighted by Crippen LogP contribution is 2.27. The number of amidine groups is 1. The molecule has 1 aliphatic rings. The third-order valence-electron chi connectivity index (χ3n) is 4.35. The quantitative estimate of drug-likeness (QED) is 0.461. The Morgan fingerprint density at radius 1 is 1.00 bits per heavy atom. The monoisotopic (exact) mass is 404 g/mol. The van der Waals surface area contributed by atoms with Crippen LogP contribution >= 0.6 is 0 Å². The number of fused-ring (bicyclic) bond motifs is 1. The molecule has 2 aromatic rings. The topological polar surface area (TPSA) is 88.3 Å². The molecule has 1 amide bonds. The number of carbonyl (C=O) groups excluding carboxylic acids is 2. The molecule has 154 valence electrons. The van der Waals surface area contributed by atoms with E-state index < -0.39 is 17.5 Å². The number of aliphatic hydroxyl groups is 1. The van der Waals surface area contributed by atoms with Crippen LogP contribution < -0.4 is 0 Å². The van der Waals surface area contributed by atoms with Gasteiger partial charge in [0.05, 0.1) is 5.71 Å². The molecule has 2 aromatic carbocycles. The van der Waals surface area contributed by atoms with Crippen molar-refractivity contribution in [3.8, 4) is 0 Å². The van der Waals surface area contributed by atoms with Crippen molar-refractivity contribution in [2.75, 3.05) is 0 Å². The van der Waals surface area contributed by atoms with E-state index in [1.165, 1.54) is 6.92 Å². The van der Waals surface area contributed by atoms with Crippen LogP contribution in [0.1, 0.15) is 54.7 Å². The average Bonchev–Trinajstić information content (AvgIpc) is 2.99. The summed E-state index contributed by atoms with van der Waals surface area (Å²) in [5.74, 6) is -1.16. The van der Waals surface area contributed by atoms with Crippen molar-refractivity contribution in [3.05, 3.63) is 82.1 Å². The van der Waals surface area contributed by atoms with Crippen LogP contribution in [0.25, 0.3) is 0 Å². The number of aliphatic hydroxyl groups excluding tert-OH is 1. The van der Waals surface area contributed by atoms with Crippen LogP contribution in [0.3, 0.4) is 0 Å². The van der Waals surface area contributed by atoms with Crippen molar-refractivity contribution >= 4 is 23.4 Å². The Morgan fingerprint density at radius 3 is 2.17 bits per heavy atom. The van der Waals surface area contributed by atoms with E-state index in [1.807, 2.05) is 19.1 Å². The molecule has 30 heavy (non-hydrogen) atoms. The van der Waals surface area contributed by atoms with Crippen molar-refractivity contribution in [1.29, 1.82) is 0 Å². The summed E-state index contributed by atoms with van der Waals surface area (Å²) in [4.78, 5) is 34.0. The number of rotatable bonds is 3. The van der Waals surface area contributed by atoms with Gasteiger partial charge in [-0.1, -0.05) is 42.0 Å². The van der Waals surface area contributed by atoms with E-state index in [-0.39, 0.29) is 22.9 Å². The summed E-state index contributed by atoms with van der Waals surface area (Å²) in [5, 5.41) is 10.2. The van der Waals surface area contributed by atoms with E-state index >= 15 is 0 Å². The minimum atomic E-state index is -0.741. The smallest absolute Gasteiger partial charge is 0.344 e. The Morgan fingerprint density at radius 2 is 1.60 bits per heavy atom. The molecule has 1 aliphatic heterocycles. The van der Waals surface area contributed by atoms with Crippen LogP contribution in [0.5, 0.6) is 0 Å². The molecule has 0 bridgehead atoms. The molecule has 0 saturated carbocycles. The Bertz CT molecular complexity index is 1100. The minimum absolute atomic E-state index is 0.0506. The number of hydrogen-bond donors (Lipinski definition) is 1. The van der Waals surface area contributed by atoms with Crippen molar-refractivity contribution in [3.63, 3.8) is 0 Å². The molecule has 3 rings (SSSR count). The molecule has 0 radical (unpaired) electrons. The van der Waals surface area contributed by atoms with Crippen molar-refractivity contribution in [2.45, 2.75) is 40.2 Å². The Kier molecular flexibility index (Phi) is 5.69. The lowest BCUT2D eigenvalue weighted by Gasteiger charge is -2.21. The molecule has 0 saturated heterocycles. The van der Waals surface area contributed by atoms with Gasteiger partial charge >= 0.3 is 5.97 Å². The average molecular weight is 404 g/mol. The molecule has 0 unspecified atom stereocenters. The first-order valence-electron chi connectivity index (χ1n) is 9.58. The van der Waals surface area contributed by atoms with Gasteiger partial charge in [-0.15, -0.1) is 0 Å². The van der Waals surface area contributed by atoms with E-state index in [0.29, 0.717) is 16.7 Å². The molecule has 6 nitrogen and oxygen atoms in total. The number of esters is 1. The van der Waals surface area contributed by atoms with E-state index in [0.717, 1.165) is 5.56 Å². The van der Waals surface area contributed by atoms with Crippen molar-refractivity contribution in [1.82, 2.24) is 0 Å². The largest absolute Gasteiger partial charge is 0.512 e. The van der Waals surface area contributed by atoms with Gasteiger partial charge in [0.1, 0.15) is 16.9 Å². The minimum Gasteiger partial charge on any atom is -0.512 e. The zero-order valence-corrected chi connectivity index (χ0v) is 17.7. The number of carbonyl (C=O) groups is 2. The van der Waals surface area contributed by atoms with Crippen LogP contribution in [-0.4, -0.2) is 34.1 Å². The van der Waals surface area contributed by atoms with Crippen LogP contribution in [-0.2, 0) is 9.53 Å². The number of benzene rings is 2. The predicted octanol–water partition coefficient (Wildman–Crippen LogP) is 4.56. The second kappa shape index (κ2) is 8.06. The van der Waals surface area contributed by atoms with Crippen molar-refractivity contribution < 1.29 is 19.4 Å². The van der Waals surface area contributed by atoms with Crippen molar-refractivity contribution in [2.24, 2.45) is 9.98 Å². The number of hydrogen-bond acceptors (Lipinski definition) is 4. The fraction of sp³-hybridized carbons (Fsp3) is 0.250. The molecule has 0 aliphatic carbocycles.